The third-order valence-corrected chi connectivity index (χ3v) is 5.58. The van der Waals surface area contributed by atoms with Crippen LogP contribution >= 0.6 is 11.6 Å². The molecule has 0 radical (unpaired) electrons. The van der Waals surface area contributed by atoms with Crippen LogP contribution in [0.1, 0.15) is 17.5 Å². The van der Waals surface area contributed by atoms with E-state index < -0.39 is 34.2 Å². The average Bonchev–Trinajstić information content (AvgIpc) is 2.63. The van der Waals surface area contributed by atoms with Gasteiger partial charge < -0.3 is 5.32 Å². The van der Waals surface area contributed by atoms with Crippen LogP contribution in [0.4, 0.5) is 18.9 Å². The van der Waals surface area contributed by atoms with Crippen molar-refractivity contribution < 1.29 is 26.4 Å². The fraction of sp³-hybridized carbons (Fsp3) is 0.316. The normalized spacial score (nSPS) is 11.9. The van der Waals surface area contributed by atoms with Crippen molar-refractivity contribution in [3.63, 3.8) is 0 Å². The van der Waals surface area contributed by atoms with Crippen molar-refractivity contribution >= 4 is 33.2 Å². The quantitative estimate of drug-likeness (QED) is 0.623. The van der Waals surface area contributed by atoms with Crippen molar-refractivity contribution in [1.29, 1.82) is 0 Å². The lowest BCUT2D eigenvalue weighted by molar-refractivity contribution is -0.137. The standard InChI is InChI=1S/C19H20ClF3N2O3S/c1-29(27,28)25(16-10-8-15(9-11-16)19(21,22)23)13-18(26)24-12-4-6-14-5-2-3-7-17(14)20/h2-3,5,7-11H,4,6,12-13H2,1H3,(H,24,26). The second kappa shape index (κ2) is 9.49. The fourth-order valence-corrected chi connectivity index (χ4v) is 3.70. The van der Waals surface area contributed by atoms with Gasteiger partial charge in [-0.25, -0.2) is 8.42 Å². The molecule has 0 saturated heterocycles. The SMILES string of the molecule is CS(=O)(=O)N(CC(=O)NCCCc1ccccc1Cl)c1ccc(C(F)(F)F)cc1. The lowest BCUT2D eigenvalue weighted by Gasteiger charge is -2.22. The highest BCUT2D eigenvalue weighted by atomic mass is 35.5. The van der Waals surface area contributed by atoms with Crippen molar-refractivity contribution in [2.45, 2.75) is 19.0 Å². The minimum atomic E-state index is -4.53. The smallest absolute Gasteiger partial charge is 0.355 e. The number of hydrogen-bond donors (Lipinski definition) is 1. The molecule has 2 aromatic carbocycles. The fourth-order valence-electron chi connectivity index (χ4n) is 2.61. The first kappa shape index (κ1) is 23.0. The maximum absolute atomic E-state index is 12.7. The molecule has 0 unspecified atom stereocenters. The molecule has 0 bridgehead atoms. The Morgan fingerprint density at radius 1 is 1.10 bits per heavy atom. The summed E-state index contributed by atoms with van der Waals surface area (Å²) in [6.07, 6.45) is -2.42. The van der Waals surface area contributed by atoms with Crippen LogP contribution in [-0.2, 0) is 27.4 Å². The molecular weight excluding hydrogens is 429 g/mol. The van der Waals surface area contributed by atoms with Crippen LogP contribution < -0.4 is 9.62 Å². The summed E-state index contributed by atoms with van der Waals surface area (Å²) in [6, 6.07) is 10.9. The number of halogens is 4. The van der Waals surface area contributed by atoms with Gasteiger partial charge in [0.25, 0.3) is 0 Å². The second-order valence-electron chi connectivity index (χ2n) is 6.36. The molecular formula is C19H20ClF3N2O3S. The average molecular weight is 449 g/mol. The molecule has 1 N–H and O–H groups in total. The van der Waals surface area contributed by atoms with E-state index >= 15 is 0 Å². The molecule has 1 amide bonds. The van der Waals surface area contributed by atoms with E-state index in [9.17, 15) is 26.4 Å². The van der Waals surface area contributed by atoms with Crippen molar-refractivity contribution in [2.24, 2.45) is 0 Å². The summed E-state index contributed by atoms with van der Waals surface area (Å²) in [5.74, 6) is -0.561. The maximum Gasteiger partial charge on any atom is 0.416 e. The topological polar surface area (TPSA) is 66.5 Å². The van der Waals surface area contributed by atoms with Crippen molar-refractivity contribution in [2.75, 3.05) is 23.7 Å². The Labute approximate surface area is 172 Å². The number of anilines is 1. The van der Waals surface area contributed by atoms with Gasteiger partial charge in [-0.3, -0.25) is 9.10 Å². The molecule has 0 aliphatic rings. The number of sulfonamides is 1. The molecule has 0 saturated carbocycles. The van der Waals surface area contributed by atoms with Gasteiger partial charge in [0.1, 0.15) is 6.54 Å². The molecule has 158 valence electrons. The van der Waals surface area contributed by atoms with E-state index in [-0.39, 0.29) is 5.69 Å². The Hall–Kier alpha value is -2.26. The van der Waals surface area contributed by atoms with Crippen molar-refractivity contribution in [3.05, 3.63) is 64.7 Å². The molecule has 0 spiro atoms. The minimum Gasteiger partial charge on any atom is -0.355 e. The van der Waals surface area contributed by atoms with Crippen LogP contribution in [0.25, 0.3) is 0 Å². The van der Waals surface area contributed by atoms with Crippen LogP contribution in [0.5, 0.6) is 0 Å². The highest BCUT2D eigenvalue weighted by Gasteiger charge is 2.30. The molecule has 5 nitrogen and oxygen atoms in total. The summed E-state index contributed by atoms with van der Waals surface area (Å²) >= 11 is 6.06. The zero-order valence-electron chi connectivity index (χ0n) is 15.5. The molecule has 0 aliphatic carbocycles. The van der Waals surface area contributed by atoms with Gasteiger partial charge in [-0.05, 0) is 48.7 Å². The summed E-state index contributed by atoms with van der Waals surface area (Å²) in [5, 5.41) is 3.24. The monoisotopic (exact) mass is 448 g/mol. The van der Waals surface area contributed by atoms with Crippen LogP contribution in [0.3, 0.4) is 0 Å². The number of nitrogens with zero attached hydrogens (tertiary/aromatic N) is 1. The van der Waals surface area contributed by atoms with E-state index in [2.05, 4.69) is 5.32 Å². The predicted molar refractivity (Wildman–Crippen MR) is 106 cm³/mol. The predicted octanol–water partition coefficient (Wildman–Crippen LogP) is 3.87. The van der Waals surface area contributed by atoms with Gasteiger partial charge in [-0.1, -0.05) is 29.8 Å². The zero-order valence-corrected chi connectivity index (χ0v) is 17.1. The Morgan fingerprint density at radius 2 is 1.72 bits per heavy atom. The first-order valence-corrected chi connectivity index (χ1v) is 10.9. The molecule has 2 rings (SSSR count). The van der Waals surface area contributed by atoms with E-state index in [1.165, 1.54) is 0 Å². The Morgan fingerprint density at radius 3 is 2.28 bits per heavy atom. The molecule has 2 aromatic rings. The van der Waals surface area contributed by atoms with Gasteiger partial charge >= 0.3 is 6.18 Å². The zero-order chi connectivity index (χ0) is 21.7. The molecule has 0 aliphatic heterocycles. The molecule has 0 fully saturated rings. The van der Waals surface area contributed by atoms with E-state index in [1.54, 1.807) is 6.07 Å². The van der Waals surface area contributed by atoms with Gasteiger partial charge in [-0.2, -0.15) is 13.2 Å². The Balaban J connectivity index is 1.96. The number of carbonyl (C=O) groups excluding carboxylic acids is 1. The lowest BCUT2D eigenvalue weighted by atomic mass is 10.1. The number of carbonyl (C=O) groups is 1. The second-order valence-corrected chi connectivity index (χ2v) is 8.67. The molecule has 10 heteroatoms. The van der Waals surface area contributed by atoms with E-state index in [1.807, 2.05) is 18.2 Å². The largest absolute Gasteiger partial charge is 0.416 e. The van der Waals surface area contributed by atoms with E-state index in [0.717, 1.165) is 40.4 Å². The van der Waals surface area contributed by atoms with Crippen LogP contribution in [0.2, 0.25) is 5.02 Å². The molecule has 0 atom stereocenters. The van der Waals surface area contributed by atoms with Gasteiger partial charge in [0.2, 0.25) is 15.9 Å². The van der Waals surface area contributed by atoms with Crippen LogP contribution in [0.15, 0.2) is 48.5 Å². The van der Waals surface area contributed by atoms with Crippen LogP contribution in [-0.4, -0.2) is 33.7 Å². The summed E-state index contributed by atoms with van der Waals surface area (Å²) < 4.78 is 62.8. The number of alkyl halides is 3. The van der Waals surface area contributed by atoms with E-state index in [0.29, 0.717) is 24.4 Å². The van der Waals surface area contributed by atoms with Crippen molar-refractivity contribution in [1.82, 2.24) is 5.32 Å². The maximum atomic E-state index is 12.7. The highest BCUT2D eigenvalue weighted by molar-refractivity contribution is 7.92. The summed E-state index contributed by atoms with van der Waals surface area (Å²) in [4.78, 5) is 12.2. The minimum absolute atomic E-state index is 0.0216. The van der Waals surface area contributed by atoms with Gasteiger partial charge in [-0.15, -0.1) is 0 Å². The summed E-state index contributed by atoms with van der Waals surface area (Å²) in [6.45, 7) is -0.231. The third kappa shape index (κ3) is 6.93. The Kier molecular flexibility index (Phi) is 7.54. The van der Waals surface area contributed by atoms with Gasteiger partial charge in [0.15, 0.2) is 0 Å². The third-order valence-electron chi connectivity index (χ3n) is 4.07. The van der Waals surface area contributed by atoms with Crippen molar-refractivity contribution in [3.8, 4) is 0 Å². The Bertz CT molecular complexity index is 948. The van der Waals surface area contributed by atoms with E-state index in [4.69, 9.17) is 11.6 Å². The lowest BCUT2D eigenvalue weighted by Crippen LogP contribution is -2.40. The molecule has 29 heavy (non-hydrogen) atoms. The number of benzene rings is 2. The number of aryl methyl sites for hydroxylation is 1. The number of hydrogen-bond acceptors (Lipinski definition) is 3. The summed E-state index contributed by atoms with van der Waals surface area (Å²) in [5.41, 5.74) is 0.0105. The first-order chi connectivity index (χ1) is 13.5. The number of amides is 1. The first-order valence-electron chi connectivity index (χ1n) is 8.63. The van der Waals surface area contributed by atoms with Crippen LogP contribution in [0, 0.1) is 0 Å². The molecule has 0 aromatic heterocycles. The van der Waals surface area contributed by atoms with Gasteiger partial charge in [0.05, 0.1) is 17.5 Å². The van der Waals surface area contributed by atoms with Gasteiger partial charge in [0, 0.05) is 11.6 Å². The highest BCUT2D eigenvalue weighted by Crippen LogP contribution is 2.30. The molecule has 0 heterocycles. The number of nitrogens with one attached hydrogen (secondary N) is 1. The summed E-state index contributed by atoms with van der Waals surface area (Å²) in [7, 11) is -3.87. The number of rotatable bonds is 8.